The number of imidazole rings is 1. The van der Waals surface area contributed by atoms with Crippen molar-refractivity contribution in [3.63, 3.8) is 0 Å². The number of rotatable bonds is 6. The molecule has 1 aromatic carbocycles. The molecule has 0 spiro atoms. The third-order valence-electron chi connectivity index (χ3n) is 4.66. The predicted octanol–water partition coefficient (Wildman–Crippen LogP) is 2.87. The molecule has 0 aliphatic carbocycles. The van der Waals surface area contributed by atoms with Gasteiger partial charge in [-0.2, -0.15) is 0 Å². The van der Waals surface area contributed by atoms with E-state index in [1.54, 1.807) is 14.2 Å². The summed E-state index contributed by atoms with van der Waals surface area (Å²) in [5.41, 5.74) is 1.26. The molecule has 1 aromatic heterocycles. The fraction of sp³-hybridized carbons (Fsp3) is 0.500. The second-order valence-electron chi connectivity index (χ2n) is 6.08. The summed E-state index contributed by atoms with van der Waals surface area (Å²) in [5, 5.41) is 0. The molecule has 0 N–H and O–H groups in total. The highest BCUT2D eigenvalue weighted by Gasteiger charge is 2.25. The fourth-order valence-corrected chi connectivity index (χ4v) is 3.35. The molecule has 1 aliphatic heterocycles. The molecule has 3 rings (SSSR count). The molecule has 1 aliphatic rings. The van der Waals surface area contributed by atoms with Crippen LogP contribution in [-0.4, -0.2) is 41.3 Å². The Morgan fingerprint density at radius 2 is 2.04 bits per heavy atom. The highest BCUT2D eigenvalue weighted by molar-refractivity contribution is 5.42. The molecule has 5 nitrogen and oxygen atoms in total. The second-order valence-corrected chi connectivity index (χ2v) is 6.08. The van der Waals surface area contributed by atoms with Gasteiger partial charge in [-0.1, -0.05) is 6.07 Å². The number of hydrogen-bond acceptors (Lipinski definition) is 4. The van der Waals surface area contributed by atoms with Crippen LogP contribution in [0.25, 0.3) is 0 Å². The molecule has 23 heavy (non-hydrogen) atoms. The lowest BCUT2D eigenvalue weighted by molar-refractivity contribution is 0.223. The van der Waals surface area contributed by atoms with Crippen molar-refractivity contribution in [1.82, 2.24) is 14.5 Å². The third kappa shape index (κ3) is 3.50. The normalized spacial score (nSPS) is 18.3. The van der Waals surface area contributed by atoms with E-state index in [1.165, 1.54) is 18.4 Å². The summed E-state index contributed by atoms with van der Waals surface area (Å²) in [6.07, 6.45) is 6.45. The van der Waals surface area contributed by atoms with Gasteiger partial charge in [-0.05, 0) is 44.0 Å². The van der Waals surface area contributed by atoms with Gasteiger partial charge in [0.15, 0.2) is 11.5 Å². The van der Waals surface area contributed by atoms with E-state index in [1.807, 2.05) is 12.3 Å². The second kappa shape index (κ2) is 7.04. The number of likely N-dealkylation sites (tertiary alicyclic amines) is 1. The Balaban J connectivity index is 1.70. The molecule has 1 fully saturated rings. The minimum Gasteiger partial charge on any atom is -0.493 e. The maximum atomic E-state index is 5.41. The zero-order valence-electron chi connectivity index (χ0n) is 14.2. The van der Waals surface area contributed by atoms with Crippen molar-refractivity contribution in [2.75, 3.05) is 20.8 Å². The molecule has 0 saturated carbocycles. The Labute approximate surface area is 137 Å². The predicted molar refractivity (Wildman–Crippen MR) is 89.9 cm³/mol. The molecule has 0 amide bonds. The van der Waals surface area contributed by atoms with Gasteiger partial charge in [-0.15, -0.1) is 0 Å². The van der Waals surface area contributed by atoms with E-state index < -0.39 is 0 Å². The summed E-state index contributed by atoms with van der Waals surface area (Å²) in [6, 6.07) is 6.76. The van der Waals surface area contributed by atoms with Crippen LogP contribution in [-0.2, 0) is 13.1 Å². The van der Waals surface area contributed by atoms with Crippen LogP contribution in [0.4, 0.5) is 0 Å². The van der Waals surface area contributed by atoms with Gasteiger partial charge in [0.1, 0.15) is 5.82 Å². The van der Waals surface area contributed by atoms with Crippen molar-refractivity contribution in [3.05, 3.63) is 42.0 Å². The molecule has 124 valence electrons. The van der Waals surface area contributed by atoms with Crippen LogP contribution < -0.4 is 9.47 Å². The Kier molecular flexibility index (Phi) is 4.86. The number of methoxy groups -OCH3 is 2. The van der Waals surface area contributed by atoms with Crippen molar-refractivity contribution >= 4 is 0 Å². The van der Waals surface area contributed by atoms with Crippen molar-refractivity contribution in [3.8, 4) is 11.5 Å². The molecule has 0 unspecified atom stereocenters. The summed E-state index contributed by atoms with van der Waals surface area (Å²) < 4.78 is 13.0. The molecule has 1 atom stereocenters. The van der Waals surface area contributed by atoms with Crippen LogP contribution in [0, 0.1) is 6.92 Å². The lowest BCUT2D eigenvalue weighted by Gasteiger charge is -2.25. The third-order valence-corrected chi connectivity index (χ3v) is 4.66. The first-order chi connectivity index (χ1) is 11.2. The van der Waals surface area contributed by atoms with Crippen LogP contribution >= 0.6 is 0 Å². The van der Waals surface area contributed by atoms with E-state index in [0.29, 0.717) is 6.04 Å². The lowest BCUT2D eigenvalue weighted by atomic mass is 10.1. The quantitative estimate of drug-likeness (QED) is 0.822. The summed E-state index contributed by atoms with van der Waals surface area (Å²) in [5.74, 6) is 2.66. The first-order valence-corrected chi connectivity index (χ1v) is 8.14. The maximum absolute atomic E-state index is 5.41. The number of hydrogen-bond donors (Lipinski definition) is 0. The van der Waals surface area contributed by atoms with E-state index in [9.17, 15) is 0 Å². The van der Waals surface area contributed by atoms with E-state index in [4.69, 9.17) is 9.47 Å². The van der Waals surface area contributed by atoms with Crippen LogP contribution in [0.2, 0.25) is 0 Å². The van der Waals surface area contributed by atoms with Crippen molar-refractivity contribution in [1.29, 1.82) is 0 Å². The lowest BCUT2D eigenvalue weighted by Crippen LogP contribution is -2.32. The van der Waals surface area contributed by atoms with E-state index >= 15 is 0 Å². The topological polar surface area (TPSA) is 39.5 Å². The highest BCUT2D eigenvalue weighted by Crippen LogP contribution is 2.29. The van der Waals surface area contributed by atoms with Gasteiger partial charge in [-0.3, -0.25) is 4.90 Å². The average molecular weight is 315 g/mol. The van der Waals surface area contributed by atoms with E-state index in [-0.39, 0.29) is 0 Å². The monoisotopic (exact) mass is 315 g/mol. The fourth-order valence-electron chi connectivity index (χ4n) is 3.35. The number of ether oxygens (including phenoxy) is 2. The molecule has 5 heteroatoms. The number of aromatic nitrogens is 2. The SMILES string of the molecule is COc1ccc(CN2CCC[C@@H]2Cn2ccnc2C)cc1OC. The zero-order valence-corrected chi connectivity index (χ0v) is 14.2. The summed E-state index contributed by atoms with van der Waals surface area (Å²) in [6.45, 7) is 5.16. The Morgan fingerprint density at radius 3 is 2.74 bits per heavy atom. The Hall–Kier alpha value is -2.01. The smallest absolute Gasteiger partial charge is 0.161 e. The Morgan fingerprint density at radius 1 is 1.22 bits per heavy atom. The van der Waals surface area contributed by atoms with E-state index in [0.717, 1.165) is 37.0 Å². The minimum atomic E-state index is 0.566. The van der Waals surface area contributed by atoms with Gasteiger partial charge >= 0.3 is 0 Å². The molecular weight excluding hydrogens is 290 g/mol. The van der Waals surface area contributed by atoms with Gasteiger partial charge in [0.05, 0.1) is 14.2 Å². The summed E-state index contributed by atoms with van der Waals surface area (Å²) >= 11 is 0. The molecule has 0 bridgehead atoms. The summed E-state index contributed by atoms with van der Waals surface area (Å²) in [4.78, 5) is 6.88. The number of nitrogens with zero attached hydrogens (tertiary/aromatic N) is 3. The van der Waals surface area contributed by atoms with Gasteiger partial charge in [-0.25, -0.2) is 4.98 Å². The number of aryl methyl sites for hydroxylation is 1. The van der Waals surface area contributed by atoms with Crippen molar-refractivity contribution in [2.45, 2.75) is 38.9 Å². The molecule has 0 radical (unpaired) electrons. The maximum Gasteiger partial charge on any atom is 0.161 e. The van der Waals surface area contributed by atoms with Crippen LogP contribution in [0.1, 0.15) is 24.2 Å². The van der Waals surface area contributed by atoms with Gasteiger partial charge in [0.2, 0.25) is 0 Å². The Bertz CT molecular complexity index is 653. The van der Waals surface area contributed by atoms with Crippen LogP contribution in [0.3, 0.4) is 0 Å². The molecule has 2 heterocycles. The van der Waals surface area contributed by atoms with E-state index in [2.05, 4.69) is 39.7 Å². The summed E-state index contributed by atoms with van der Waals surface area (Å²) in [7, 11) is 3.35. The first kappa shape index (κ1) is 15.9. The standard InChI is InChI=1S/C18H25N3O2/c1-14-19-8-10-20(14)13-16-5-4-9-21(16)12-15-6-7-17(22-2)18(11-15)23-3/h6-8,10-11,16H,4-5,9,12-13H2,1-3H3/t16-/m1/s1. The molecular formula is C18H25N3O2. The highest BCUT2D eigenvalue weighted by atomic mass is 16.5. The van der Waals surface area contributed by atoms with Gasteiger partial charge in [0.25, 0.3) is 0 Å². The zero-order chi connectivity index (χ0) is 16.2. The minimum absolute atomic E-state index is 0.566. The van der Waals surface area contributed by atoms with Crippen LogP contribution in [0.5, 0.6) is 11.5 Å². The largest absolute Gasteiger partial charge is 0.493 e. The van der Waals surface area contributed by atoms with Crippen LogP contribution in [0.15, 0.2) is 30.6 Å². The number of benzene rings is 1. The molecule has 1 saturated heterocycles. The average Bonchev–Trinajstić information content (AvgIpc) is 3.17. The van der Waals surface area contributed by atoms with Crippen molar-refractivity contribution < 1.29 is 9.47 Å². The molecule has 2 aromatic rings. The first-order valence-electron chi connectivity index (χ1n) is 8.14. The van der Waals surface area contributed by atoms with Crippen molar-refractivity contribution in [2.24, 2.45) is 0 Å². The van der Waals surface area contributed by atoms with Gasteiger partial charge < -0.3 is 14.0 Å². The van der Waals surface area contributed by atoms with Gasteiger partial charge in [0, 0.05) is 31.5 Å².